The molecule has 0 fully saturated rings. The van der Waals surface area contributed by atoms with Crippen molar-refractivity contribution in [1.82, 2.24) is 15.5 Å². The summed E-state index contributed by atoms with van der Waals surface area (Å²) in [7, 11) is -7.46. The van der Waals surface area contributed by atoms with E-state index in [-0.39, 0.29) is 30.3 Å². The normalized spacial score (nSPS) is 13.8. The maximum absolute atomic E-state index is 13.8. The molecule has 0 saturated heterocycles. The Morgan fingerprint density at radius 2 is 1.33 bits per heavy atom. The lowest BCUT2D eigenvalue weighted by Crippen LogP contribution is -2.55. The number of benzene rings is 1. The average molecular weight is 718 g/mol. The second-order valence-electron chi connectivity index (χ2n) is 14.3. The molecule has 0 aromatic heterocycles. The largest absolute Gasteiger partial charge is 0.531 e. The SMILES string of the molecule is CCCCCN(CCCCC)C(=O)[C@H](CCS(C)(=O)=O)NC(=O)[C@H](Cc1ccc(OP(=O)(OC(C)(C)C)OC(C)(C)C)cc1)NC(C)=O. The van der Waals surface area contributed by atoms with E-state index in [1.54, 1.807) is 70.7 Å². The topological polar surface area (TPSA) is 157 Å². The fourth-order valence-electron chi connectivity index (χ4n) is 4.75. The number of phosphoric acid groups is 1. The minimum atomic E-state index is -4.03. The van der Waals surface area contributed by atoms with Gasteiger partial charge >= 0.3 is 7.82 Å². The van der Waals surface area contributed by atoms with Crippen LogP contribution in [0.15, 0.2) is 24.3 Å². The lowest BCUT2D eigenvalue weighted by molar-refractivity contribution is -0.137. The zero-order valence-corrected chi connectivity index (χ0v) is 32.4. The van der Waals surface area contributed by atoms with Crippen LogP contribution in [0.3, 0.4) is 0 Å². The Hall–Kier alpha value is -2.47. The number of nitrogens with one attached hydrogen (secondary N) is 2. The zero-order valence-electron chi connectivity index (χ0n) is 30.7. The molecule has 0 saturated carbocycles. The summed E-state index contributed by atoms with van der Waals surface area (Å²) >= 11 is 0. The molecule has 0 radical (unpaired) electrons. The first-order chi connectivity index (χ1) is 22.1. The van der Waals surface area contributed by atoms with Crippen LogP contribution in [0.25, 0.3) is 0 Å². The van der Waals surface area contributed by atoms with Crippen LogP contribution in [0.1, 0.15) is 113 Å². The highest BCUT2D eigenvalue weighted by molar-refractivity contribution is 7.90. The van der Waals surface area contributed by atoms with E-state index in [0.29, 0.717) is 18.7 Å². The van der Waals surface area contributed by atoms with Crippen molar-refractivity contribution in [2.75, 3.05) is 25.1 Å². The minimum Gasteiger partial charge on any atom is -0.404 e. The number of phosphoric ester groups is 1. The van der Waals surface area contributed by atoms with Crippen molar-refractivity contribution in [3.8, 4) is 5.75 Å². The molecule has 0 aliphatic carbocycles. The van der Waals surface area contributed by atoms with Crippen LogP contribution in [-0.4, -0.2) is 79.4 Å². The van der Waals surface area contributed by atoms with Crippen LogP contribution in [0.5, 0.6) is 5.75 Å². The number of hydrogen-bond acceptors (Lipinski definition) is 9. The number of amides is 3. The molecule has 14 heteroatoms. The Balaban J connectivity index is 3.26. The van der Waals surface area contributed by atoms with Crippen molar-refractivity contribution in [1.29, 1.82) is 0 Å². The summed E-state index contributed by atoms with van der Waals surface area (Å²) in [4.78, 5) is 41.3. The van der Waals surface area contributed by atoms with Gasteiger partial charge in [0, 0.05) is 32.7 Å². The van der Waals surface area contributed by atoms with Crippen molar-refractivity contribution in [3.63, 3.8) is 0 Å². The summed E-state index contributed by atoms with van der Waals surface area (Å²) in [6.45, 7) is 16.9. The molecule has 2 atom stereocenters. The molecular weight excluding hydrogens is 657 g/mol. The van der Waals surface area contributed by atoms with Crippen LogP contribution in [0, 0.1) is 0 Å². The number of carbonyl (C=O) groups is 3. The quantitative estimate of drug-likeness (QED) is 0.115. The Labute approximate surface area is 289 Å². The number of hydrogen-bond donors (Lipinski definition) is 2. The maximum atomic E-state index is 13.8. The van der Waals surface area contributed by atoms with Crippen LogP contribution < -0.4 is 15.2 Å². The van der Waals surface area contributed by atoms with Gasteiger partial charge in [-0.15, -0.1) is 0 Å². The van der Waals surface area contributed by atoms with Crippen LogP contribution in [-0.2, 0) is 44.3 Å². The van der Waals surface area contributed by atoms with Crippen molar-refractivity contribution < 1.29 is 40.9 Å². The first kappa shape index (κ1) is 43.6. The van der Waals surface area contributed by atoms with Crippen LogP contribution in [0.4, 0.5) is 0 Å². The van der Waals surface area contributed by atoms with Gasteiger partial charge in [0.1, 0.15) is 27.7 Å². The molecule has 48 heavy (non-hydrogen) atoms. The first-order valence-electron chi connectivity index (χ1n) is 16.9. The van der Waals surface area contributed by atoms with E-state index in [1.165, 1.54) is 6.92 Å². The van der Waals surface area contributed by atoms with Crippen LogP contribution >= 0.6 is 7.82 Å². The summed E-state index contributed by atoms with van der Waals surface area (Å²) in [6.07, 6.45) is 6.50. The molecule has 0 aliphatic rings. The van der Waals surface area contributed by atoms with E-state index in [1.807, 2.05) is 0 Å². The molecular formula is C34H60N3O9PS. The lowest BCUT2D eigenvalue weighted by atomic mass is 10.0. The Morgan fingerprint density at radius 3 is 1.75 bits per heavy atom. The van der Waals surface area contributed by atoms with Crippen molar-refractivity contribution in [2.45, 2.75) is 137 Å². The van der Waals surface area contributed by atoms with E-state index >= 15 is 0 Å². The summed E-state index contributed by atoms with van der Waals surface area (Å²) in [5, 5.41) is 5.41. The van der Waals surface area contributed by atoms with E-state index in [4.69, 9.17) is 13.6 Å². The summed E-state index contributed by atoms with van der Waals surface area (Å²) < 4.78 is 54.8. The Morgan fingerprint density at radius 1 is 0.833 bits per heavy atom. The molecule has 3 amide bonds. The highest BCUT2D eigenvalue weighted by atomic mass is 32.2. The third-order valence-corrected chi connectivity index (χ3v) is 9.77. The second-order valence-corrected chi connectivity index (χ2v) is 18.0. The monoisotopic (exact) mass is 717 g/mol. The molecule has 0 aliphatic heterocycles. The zero-order chi connectivity index (χ0) is 36.8. The average Bonchev–Trinajstić information content (AvgIpc) is 2.91. The van der Waals surface area contributed by atoms with Gasteiger partial charge in [-0.25, -0.2) is 13.0 Å². The highest BCUT2D eigenvalue weighted by Crippen LogP contribution is 2.55. The van der Waals surface area contributed by atoms with E-state index < -0.39 is 52.8 Å². The third-order valence-electron chi connectivity index (χ3n) is 6.81. The fraction of sp³-hybridized carbons (Fsp3) is 0.735. The smallest absolute Gasteiger partial charge is 0.404 e. The van der Waals surface area contributed by atoms with Gasteiger partial charge in [0.25, 0.3) is 0 Å². The fourth-order valence-corrected chi connectivity index (χ4v) is 7.25. The predicted molar refractivity (Wildman–Crippen MR) is 190 cm³/mol. The Kier molecular flexibility index (Phi) is 17.8. The van der Waals surface area contributed by atoms with Gasteiger partial charge < -0.3 is 20.1 Å². The van der Waals surface area contributed by atoms with Gasteiger partial charge in [0.2, 0.25) is 17.7 Å². The standard InChI is InChI=1S/C34H60N3O9PS/c1-11-13-15-22-37(23-16-14-12-2)32(40)29(21-24-48(10,42)43)36-31(39)30(35-26(3)38)25-27-17-19-28(20-18-27)44-47(41,45-33(4,5)6)46-34(7,8)9/h17-20,29-30H,11-16,21-25H2,1-10H3,(H,35,38)(H,36,39)/t29-,30-/m0/s1. The number of nitrogens with zero attached hydrogens (tertiary/aromatic N) is 1. The van der Waals surface area contributed by atoms with Crippen LogP contribution in [0.2, 0.25) is 0 Å². The molecule has 1 aromatic carbocycles. The molecule has 0 bridgehead atoms. The molecule has 0 spiro atoms. The van der Waals surface area contributed by atoms with Gasteiger partial charge in [-0.2, -0.15) is 0 Å². The predicted octanol–water partition coefficient (Wildman–Crippen LogP) is 5.98. The van der Waals surface area contributed by atoms with Crippen molar-refractivity contribution >= 4 is 35.4 Å². The summed E-state index contributed by atoms with van der Waals surface area (Å²) in [6, 6.07) is 4.30. The van der Waals surface area contributed by atoms with E-state index in [9.17, 15) is 27.4 Å². The van der Waals surface area contributed by atoms with Crippen molar-refractivity contribution in [2.24, 2.45) is 0 Å². The molecule has 2 N–H and O–H groups in total. The lowest BCUT2D eigenvalue weighted by Gasteiger charge is -2.30. The van der Waals surface area contributed by atoms with Gasteiger partial charge in [0.15, 0.2) is 0 Å². The molecule has 0 heterocycles. The Bertz CT molecular complexity index is 1290. The minimum absolute atomic E-state index is 0.0596. The van der Waals surface area contributed by atoms with Gasteiger partial charge in [-0.1, -0.05) is 51.7 Å². The molecule has 276 valence electrons. The number of sulfone groups is 1. The van der Waals surface area contributed by atoms with Gasteiger partial charge in [-0.05, 0) is 78.5 Å². The van der Waals surface area contributed by atoms with E-state index in [0.717, 1.165) is 44.8 Å². The van der Waals surface area contributed by atoms with Crippen molar-refractivity contribution in [3.05, 3.63) is 29.8 Å². The molecule has 0 unspecified atom stereocenters. The number of unbranched alkanes of at least 4 members (excludes halogenated alkanes) is 4. The first-order valence-corrected chi connectivity index (χ1v) is 20.4. The van der Waals surface area contributed by atoms with Gasteiger partial charge in [-0.3, -0.25) is 23.4 Å². The number of rotatable bonds is 21. The molecule has 1 rings (SSSR count). The maximum Gasteiger partial charge on any atom is 0.531 e. The summed E-state index contributed by atoms with van der Waals surface area (Å²) in [5.74, 6) is -1.46. The third kappa shape index (κ3) is 18.9. The van der Waals surface area contributed by atoms with Gasteiger partial charge in [0.05, 0.1) is 17.0 Å². The molecule has 12 nitrogen and oxygen atoms in total. The highest BCUT2D eigenvalue weighted by Gasteiger charge is 2.39. The second kappa shape index (κ2) is 19.6. The molecule has 1 aromatic rings. The summed E-state index contributed by atoms with van der Waals surface area (Å²) in [5.41, 5.74) is -0.996. The van der Waals surface area contributed by atoms with E-state index in [2.05, 4.69) is 24.5 Å². The number of carbonyl (C=O) groups excluding carboxylic acids is 3.